The number of carbonyl (C=O) groups excluding carboxylic acids is 1. The first kappa shape index (κ1) is 13.4. The zero-order chi connectivity index (χ0) is 14.7. The van der Waals surface area contributed by atoms with E-state index in [4.69, 9.17) is 4.74 Å². The summed E-state index contributed by atoms with van der Waals surface area (Å²) in [5, 5.41) is 6.17. The summed E-state index contributed by atoms with van der Waals surface area (Å²) in [5.41, 5.74) is 2.15. The van der Waals surface area contributed by atoms with Crippen LogP contribution in [0.4, 0.5) is 11.4 Å². The molecular formula is C16H17N3O2. The molecule has 5 nitrogen and oxygen atoms in total. The van der Waals surface area contributed by atoms with E-state index in [1.807, 2.05) is 6.07 Å². The van der Waals surface area contributed by atoms with Gasteiger partial charge in [0.15, 0.2) is 0 Å². The summed E-state index contributed by atoms with van der Waals surface area (Å²) < 4.78 is 5.09. The van der Waals surface area contributed by atoms with Crippen molar-refractivity contribution in [1.82, 2.24) is 4.98 Å². The average Bonchev–Trinajstić information content (AvgIpc) is 3.32. The van der Waals surface area contributed by atoms with Gasteiger partial charge in [0.25, 0.3) is 5.91 Å². The predicted octanol–water partition coefficient (Wildman–Crippen LogP) is 2.92. The lowest BCUT2D eigenvalue weighted by Gasteiger charge is -2.08. The van der Waals surface area contributed by atoms with Gasteiger partial charge in [-0.15, -0.1) is 0 Å². The molecule has 0 saturated heterocycles. The van der Waals surface area contributed by atoms with E-state index in [2.05, 4.69) is 15.6 Å². The summed E-state index contributed by atoms with van der Waals surface area (Å²) in [6, 6.07) is 9.57. The van der Waals surface area contributed by atoms with Crippen LogP contribution in [0.3, 0.4) is 0 Å². The summed E-state index contributed by atoms with van der Waals surface area (Å²) in [7, 11) is 1.61. The topological polar surface area (TPSA) is 63.2 Å². The average molecular weight is 283 g/mol. The quantitative estimate of drug-likeness (QED) is 0.885. The van der Waals surface area contributed by atoms with E-state index in [1.54, 1.807) is 43.8 Å². The minimum absolute atomic E-state index is 0.174. The maximum atomic E-state index is 12.2. The van der Waals surface area contributed by atoms with Crippen LogP contribution in [-0.2, 0) is 0 Å². The Hall–Kier alpha value is -2.56. The summed E-state index contributed by atoms with van der Waals surface area (Å²) in [6.45, 7) is 0. The van der Waals surface area contributed by atoms with Crippen LogP contribution in [0.25, 0.3) is 0 Å². The number of pyridine rings is 1. The van der Waals surface area contributed by atoms with Crippen LogP contribution in [0.15, 0.2) is 42.7 Å². The van der Waals surface area contributed by atoms with Gasteiger partial charge in [0.05, 0.1) is 18.4 Å². The van der Waals surface area contributed by atoms with Gasteiger partial charge >= 0.3 is 0 Å². The number of aromatic nitrogens is 1. The van der Waals surface area contributed by atoms with Crippen molar-refractivity contribution in [3.63, 3.8) is 0 Å². The molecule has 0 bridgehead atoms. The zero-order valence-electron chi connectivity index (χ0n) is 11.8. The van der Waals surface area contributed by atoms with E-state index in [0.29, 0.717) is 11.6 Å². The fraction of sp³-hybridized carbons (Fsp3) is 0.250. The van der Waals surface area contributed by atoms with Gasteiger partial charge in [-0.05, 0) is 43.2 Å². The number of methoxy groups -OCH3 is 1. The largest absolute Gasteiger partial charge is 0.497 e. The molecule has 1 saturated carbocycles. The minimum Gasteiger partial charge on any atom is -0.497 e. The number of amides is 1. The SMILES string of the molecule is COc1ccc(NC(=O)c2cncc(NC3CC3)c2)cc1. The molecule has 108 valence electrons. The van der Waals surface area contributed by atoms with Crippen molar-refractivity contribution < 1.29 is 9.53 Å². The molecule has 0 spiro atoms. The van der Waals surface area contributed by atoms with Gasteiger partial charge in [0.1, 0.15) is 5.75 Å². The lowest BCUT2D eigenvalue weighted by Crippen LogP contribution is -2.13. The number of rotatable bonds is 5. The molecule has 1 amide bonds. The first-order chi connectivity index (χ1) is 10.2. The van der Waals surface area contributed by atoms with Crippen LogP contribution >= 0.6 is 0 Å². The van der Waals surface area contributed by atoms with Gasteiger partial charge in [-0.2, -0.15) is 0 Å². The second kappa shape index (κ2) is 5.83. The Balaban J connectivity index is 1.68. The summed E-state index contributed by atoms with van der Waals surface area (Å²) in [5.74, 6) is 0.581. The Kier molecular flexibility index (Phi) is 3.73. The molecule has 0 atom stereocenters. The van der Waals surface area contributed by atoms with Crippen LogP contribution in [0.2, 0.25) is 0 Å². The summed E-state index contributed by atoms with van der Waals surface area (Å²) in [6.07, 6.45) is 5.67. The van der Waals surface area contributed by atoms with E-state index < -0.39 is 0 Å². The van der Waals surface area contributed by atoms with Crippen molar-refractivity contribution >= 4 is 17.3 Å². The first-order valence-corrected chi connectivity index (χ1v) is 6.91. The number of ether oxygens (including phenoxy) is 1. The fourth-order valence-corrected chi connectivity index (χ4v) is 1.98. The number of hydrogen-bond acceptors (Lipinski definition) is 4. The van der Waals surface area contributed by atoms with Crippen molar-refractivity contribution in [3.8, 4) is 5.75 Å². The maximum Gasteiger partial charge on any atom is 0.257 e. The number of anilines is 2. The highest BCUT2D eigenvalue weighted by molar-refractivity contribution is 6.04. The van der Waals surface area contributed by atoms with Gasteiger partial charge < -0.3 is 15.4 Å². The van der Waals surface area contributed by atoms with Gasteiger partial charge in [0, 0.05) is 24.1 Å². The molecule has 1 aliphatic carbocycles. The molecule has 0 radical (unpaired) electrons. The minimum atomic E-state index is -0.174. The normalized spacial score (nSPS) is 13.6. The molecule has 2 aromatic rings. The molecular weight excluding hydrogens is 266 g/mol. The smallest absolute Gasteiger partial charge is 0.257 e. The third kappa shape index (κ3) is 3.51. The monoisotopic (exact) mass is 283 g/mol. The van der Waals surface area contributed by atoms with Gasteiger partial charge in [-0.3, -0.25) is 9.78 Å². The molecule has 21 heavy (non-hydrogen) atoms. The standard InChI is InChI=1S/C16H17N3O2/c1-21-15-6-4-13(5-7-15)19-16(20)11-8-14(10-17-9-11)18-12-2-3-12/h4-10,12,18H,2-3H2,1H3,(H,19,20). The number of nitrogens with one attached hydrogen (secondary N) is 2. The fourth-order valence-electron chi connectivity index (χ4n) is 1.98. The molecule has 2 N–H and O–H groups in total. The third-order valence-corrected chi connectivity index (χ3v) is 3.30. The summed E-state index contributed by atoms with van der Waals surface area (Å²) >= 11 is 0. The highest BCUT2D eigenvalue weighted by atomic mass is 16.5. The van der Waals surface area contributed by atoms with Crippen molar-refractivity contribution in [1.29, 1.82) is 0 Å². The molecule has 1 aromatic carbocycles. The van der Waals surface area contributed by atoms with Crippen molar-refractivity contribution in [3.05, 3.63) is 48.3 Å². The Morgan fingerprint density at radius 1 is 1.19 bits per heavy atom. The molecule has 3 rings (SSSR count). The van der Waals surface area contributed by atoms with Gasteiger partial charge in [0.2, 0.25) is 0 Å². The van der Waals surface area contributed by atoms with E-state index >= 15 is 0 Å². The van der Waals surface area contributed by atoms with E-state index in [1.165, 1.54) is 12.8 Å². The van der Waals surface area contributed by atoms with Crippen molar-refractivity contribution in [2.45, 2.75) is 18.9 Å². The highest BCUT2D eigenvalue weighted by Gasteiger charge is 2.21. The Morgan fingerprint density at radius 3 is 2.62 bits per heavy atom. The lowest BCUT2D eigenvalue weighted by molar-refractivity contribution is 0.102. The second-order valence-corrected chi connectivity index (χ2v) is 5.06. The van der Waals surface area contributed by atoms with E-state index in [0.717, 1.165) is 17.1 Å². The molecule has 1 heterocycles. The van der Waals surface area contributed by atoms with Crippen LogP contribution in [0.1, 0.15) is 23.2 Å². The molecule has 1 aliphatic rings. The molecule has 1 fully saturated rings. The van der Waals surface area contributed by atoms with Crippen LogP contribution in [-0.4, -0.2) is 24.0 Å². The predicted molar refractivity (Wildman–Crippen MR) is 81.8 cm³/mol. The Morgan fingerprint density at radius 2 is 1.95 bits per heavy atom. The van der Waals surface area contributed by atoms with Crippen LogP contribution in [0, 0.1) is 0 Å². The van der Waals surface area contributed by atoms with Crippen LogP contribution in [0.5, 0.6) is 5.75 Å². The molecule has 0 aliphatic heterocycles. The number of benzene rings is 1. The van der Waals surface area contributed by atoms with Crippen molar-refractivity contribution in [2.75, 3.05) is 17.7 Å². The molecule has 1 aromatic heterocycles. The Labute approximate surface area is 123 Å². The van der Waals surface area contributed by atoms with E-state index in [-0.39, 0.29) is 5.91 Å². The maximum absolute atomic E-state index is 12.2. The van der Waals surface area contributed by atoms with Gasteiger partial charge in [-0.1, -0.05) is 0 Å². The third-order valence-electron chi connectivity index (χ3n) is 3.30. The number of hydrogen-bond donors (Lipinski definition) is 2. The molecule has 0 unspecified atom stereocenters. The lowest BCUT2D eigenvalue weighted by atomic mass is 10.2. The Bertz CT molecular complexity index is 636. The number of carbonyl (C=O) groups is 1. The first-order valence-electron chi connectivity index (χ1n) is 6.91. The number of nitrogens with zero attached hydrogens (tertiary/aromatic N) is 1. The summed E-state index contributed by atoms with van der Waals surface area (Å²) in [4.78, 5) is 16.3. The highest BCUT2D eigenvalue weighted by Crippen LogP contribution is 2.24. The van der Waals surface area contributed by atoms with Crippen molar-refractivity contribution in [2.24, 2.45) is 0 Å². The zero-order valence-corrected chi connectivity index (χ0v) is 11.8. The van der Waals surface area contributed by atoms with Crippen LogP contribution < -0.4 is 15.4 Å². The van der Waals surface area contributed by atoms with E-state index in [9.17, 15) is 4.79 Å². The second-order valence-electron chi connectivity index (χ2n) is 5.06. The van der Waals surface area contributed by atoms with Gasteiger partial charge in [-0.25, -0.2) is 0 Å². The molecule has 5 heteroatoms.